The van der Waals surface area contributed by atoms with Gasteiger partial charge in [-0.15, -0.1) is 0 Å². The summed E-state index contributed by atoms with van der Waals surface area (Å²) >= 11 is 0. The third-order valence-electron chi connectivity index (χ3n) is 1.64. The fourth-order valence-electron chi connectivity index (χ4n) is 0.942. The lowest BCUT2D eigenvalue weighted by Crippen LogP contribution is -3.00. The summed E-state index contributed by atoms with van der Waals surface area (Å²) in [5.74, 6) is 0. The first kappa shape index (κ1) is 11.7. The molecule has 0 fully saturated rings. The van der Waals surface area contributed by atoms with Crippen LogP contribution in [0.5, 0.6) is 0 Å². The molecule has 0 heterocycles. The molecule has 2 N–H and O–H groups in total. The predicted molar refractivity (Wildman–Crippen MR) is 55.2 cm³/mol. The second kappa shape index (κ2) is 4.11. The lowest BCUT2D eigenvalue weighted by molar-refractivity contribution is -0.00000253. The van der Waals surface area contributed by atoms with E-state index >= 15 is 0 Å². The number of nitrogens with two attached hydrogens (primary N) is 1. The molecule has 0 radical (unpaired) electrons. The van der Waals surface area contributed by atoms with Crippen LogP contribution in [0.3, 0.4) is 0 Å². The molecule has 68 valence electrons. The Morgan fingerprint density at radius 3 is 2.08 bits per heavy atom. The van der Waals surface area contributed by atoms with Crippen LogP contribution in [0.2, 0.25) is 0 Å². The largest absolute Gasteiger partial charge is 1.00 e. The second-order valence-electron chi connectivity index (χ2n) is 3.61. The van der Waals surface area contributed by atoms with Gasteiger partial charge in [-0.3, -0.25) is 0 Å². The molecule has 1 aromatic rings. The standard InChI is InChI=1S/C9H15NP.ClH/c1-11(2,3)9-6-4-5-8(10)7-9;/h4-7H,10H2,1-3H3;1H/q+1;/p-1. The van der Waals surface area contributed by atoms with E-state index in [4.69, 9.17) is 5.73 Å². The van der Waals surface area contributed by atoms with Crippen molar-refractivity contribution in [2.75, 3.05) is 25.7 Å². The summed E-state index contributed by atoms with van der Waals surface area (Å²) < 4.78 is 0. The van der Waals surface area contributed by atoms with Gasteiger partial charge in [0.05, 0.1) is 25.3 Å². The van der Waals surface area contributed by atoms with Crippen LogP contribution >= 0.6 is 7.26 Å². The zero-order valence-electron chi connectivity index (χ0n) is 7.71. The van der Waals surface area contributed by atoms with Gasteiger partial charge in [-0.2, -0.15) is 0 Å². The van der Waals surface area contributed by atoms with Crippen molar-refractivity contribution < 1.29 is 12.4 Å². The van der Waals surface area contributed by atoms with Crippen molar-refractivity contribution >= 4 is 18.3 Å². The quantitative estimate of drug-likeness (QED) is 0.451. The SMILES string of the molecule is C[P+](C)(C)c1cccc(N)c1.[Cl-]. The molecule has 0 unspecified atom stereocenters. The highest BCUT2D eigenvalue weighted by Crippen LogP contribution is 2.44. The van der Waals surface area contributed by atoms with Crippen molar-refractivity contribution in [3.63, 3.8) is 0 Å². The van der Waals surface area contributed by atoms with E-state index < -0.39 is 7.26 Å². The first-order valence-electron chi connectivity index (χ1n) is 3.68. The van der Waals surface area contributed by atoms with Crippen LogP contribution in [-0.4, -0.2) is 20.0 Å². The molecule has 3 heteroatoms. The molecule has 0 spiro atoms. The van der Waals surface area contributed by atoms with Gasteiger partial charge in [0, 0.05) is 19.0 Å². The Labute approximate surface area is 81.1 Å². The van der Waals surface area contributed by atoms with E-state index in [-0.39, 0.29) is 12.4 Å². The normalized spacial score (nSPS) is 10.6. The zero-order chi connectivity index (χ0) is 8.48. The summed E-state index contributed by atoms with van der Waals surface area (Å²) in [4.78, 5) is 0. The van der Waals surface area contributed by atoms with E-state index in [9.17, 15) is 0 Å². The minimum Gasteiger partial charge on any atom is -1.00 e. The summed E-state index contributed by atoms with van der Waals surface area (Å²) in [6, 6.07) is 8.19. The first-order valence-corrected chi connectivity index (χ1v) is 6.81. The minimum atomic E-state index is -0.875. The summed E-state index contributed by atoms with van der Waals surface area (Å²) in [6.07, 6.45) is 0. The lowest BCUT2D eigenvalue weighted by atomic mass is 10.3. The van der Waals surface area contributed by atoms with Crippen molar-refractivity contribution in [1.29, 1.82) is 0 Å². The summed E-state index contributed by atoms with van der Waals surface area (Å²) in [6.45, 7) is 6.88. The number of anilines is 1. The maximum Gasteiger partial charge on any atom is 0.0951 e. The van der Waals surface area contributed by atoms with Crippen LogP contribution in [-0.2, 0) is 0 Å². The number of halogens is 1. The number of hydrogen-bond donors (Lipinski definition) is 1. The van der Waals surface area contributed by atoms with Gasteiger partial charge in [0.1, 0.15) is 0 Å². The van der Waals surface area contributed by atoms with Crippen molar-refractivity contribution in [3.05, 3.63) is 24.3 Å². The number of hydrogen-bond acceptors (Lipinski definition) is 1. The van der Waals surface area contributed by atoms with E-state index in [0.29, 0.717) is 0 Å². The Balaban J connectivity index is 0.00000121. The van der Waals surface area contributed by atoms with Crippen LogP contribution in [0.25, 0.3) is 0 Å². The number of rotatable bonds is 1. The topological polar surface area (TPSA) is 26.0 Å². The van der Waals surface area contributed by atoms with Gasteiger partial charge in [0.25, 0.3) is 0 Å². The summed E-state index contributed by atoms with van der Waals surface area (Å²) in [7, 11) is -0.875. The van der Waals surface area contributed by atoms with Crippen molar-refractivity contribution in [2.45, 2.75) is 0 Å². The van der Waals surface area contributed by atoms with E-state index in [1.165, 1.54) is 5.30 Å². The van der Waals surface area contributed by atoms with Crippen molar-refractivity contribution in [2.24, 2.45) is 0 Å². The van der Waals surface area contributed by atoms with E-state index in [2.05, 4.69) is 32.1 Å². The molecule has 0 atom stereocenters. The van der Waals surface area contributed by atoms with Gasteiger partial charge >= 0.3 is 0 Å². The van der Waals surface area contributed by atoms with E-state index in [0.717, 1.165) is 5.69 Å². The molecular weight excluding hydrogens is 189 g/mol. The Kier molecular flexibility index (Phi) is 4.02. The molecule has 0 amide bonds. The predicted octanol–water partition coefficient (Wildman–Crippen LogP) is -1.19. The minimum absolute atomic E-state index is 0. The molecule has 1 aromatic carbocycles. The Bertz CT molecular complexity index is 255. The molecule has 0 aliphatic rings. The highest BCUT2D eigenvalue weighted by Gasteiger charge is 2.20. The molecule has 0 saturated heterocycles. The maximum atomic E-state index is 5.67. The number of nitrogen functional groups attached to an aromatic ring is 1. The highest BCUT2D eigenvalue weighted by atomic mass is 35.5. The third-order valence-corrected chi connectivity index (χ3v) is 3.47. The molecular formula is C9H15ClNP. The molecule has 0 bridgehead atoms. The van der Waals surface area contributed by atoms with Crippen LogP contribution in [0, 0.1) is 0 Å². The molecule has 1 rings (SSSR count). The van der Waals surface area contributed by atoms with Gasteiger partial charge in [-0.25, -0.2) is 0 Å². The maximum absolute atomic E-state index is 5.67. The molecule has 0 aliphatic carbocycles. The van der Waals surface area contributed by atoms with Crippen molar-refractivity contribution in [3.8, 4) is 0 Å². The fraction of sp³-hybridized carbons (Fsp3) is 0.333. The Hall–Kier alpha value is -0.260. The van der Waals surface area contributed by atoms with Gasteiger partial charge < -0.3 is 18.1 Å². The molecule has 12 heavy (non-hydrogen) atoms. The smallest absolute Gasteiger partial charge is 0.0951 e. The second-order valence-corrected chi connectivity index (χ2v) is 8.15. The average Bonchev–Trinajstić information content (AvgIpc) is 1.86. The third kappa shape index (κ3) is 3.00. The molecule has 0 aliphatic heterocycles. The molecule has 0 aromatic heterocycles. The van der Waals surface area contributed by atoms with Gasteiger partial charge in [-0.1, -0.05) is 6.07 Å². The van der Waals surface area contributed by atoms with Crippen LogP contribution < -0.4 is 23.4 Å². The van der Waals surface area contributed by atoms with E-state index in [1.807, 2.05) is 12.1 Å². The summed E-state index contributed by atoms with van der Waals surface area (Å²) in [5, 5.41) is 1.40. The fourth-order valence-corrected chi connectivity index (χ4v) is 2.01. The Morgan fingerprint density at radius 2 is 1.75 bits per heavy atom. The molecule has 0 saturated carbocycles. The average molecular weight is 204 g/mol. The van der Waals surface area contributed by atoms with Crippen LogP contribution in [0.15, 0.2) is 24.3 Å². The van der Waals surface area contributed by atoms with Gasteiger partial charge in [0.2, 0.25) is 0 Å². The highest BCUT2D eigenvalue weighted by molar-refractivity contribution is 7.80. The van der Waals surface area contributed by atoms with Crippen LogP contribution in [0.1, 0.15) is 0 Å². The Morgan fingerprint density at radius 1 is 1.17 bits per heavy atom. The van der Waals surface area contributed by atoms with Gasteiger partial charge in [0.15, 0.2) is 0 Å². The van der Waals surface area contributed by atoms with Gasteiger partial charge in [-0.05, 0) is 12.1 Å². The number of benzene rings is 1. The van der Waals surface area contributed by atoms with Crippen molar-refractivity contribution in [1.82, 2.24) is 0 Å². The monoisotopic (exact) mass is 203 g/mol. The van der Waals surface area contributed by atoms with Crippen LogP contribution in [0.4, 0.5) is 5.69 Å². The summed E-state index contributed by atoms with van der Waals surface area (Å²) in [5.41, 5.74) is 6.55. The molecule has 1 nitrogen and oxygen atoms in total. The first-order chi connectivity index (χ1) is 5.00. The lowest BCUT2D eigenvalue weighted by Gasteiger charge is -2.11. The zero-order valence-corrected chi connectivity index (χ0v) is 9.36. The van der Waals surface area contributed by atoms with E-state index in [1.54, 1.807) is 0 Å².